The van der Waals surface area contributed by atoms with Gasteiger partial charge in [-0.25, -0.2) is 9.82 Å². The molecule has 0 aliphatic heterocycles. The molecule has 1 unspecified atom stereocenters. The van der Waals surface area contributed by atoms with Crippen molar-refractivity contribution in [1.82, 2.24) is 5.43 Å². The highest BCUT2D eigenvalue weighted by Gasteiger charge is 2.16. The molecule has 2 rings (SSSR count). The normalized spacial score (nSPS) is 12.5. The van der Waals surface area contributed by atoms with E-state index in [-0.39, 0.29) is 11.9 Å². The van der Waals surface area contributed by atoms with E-state index in [0.29, 0.717) is 4.47 Å². The van der Waals surface area contributed by atoms with E-state index in [0.717, 1.165) is 16.7 Å². The highest BCUT2D eigenvalue weighted by molar-refractivity contribution is 9.10. The van der Waals surface area contributed by atoms with Crippen molar-refractivity contribution < 1.29 is 4.39 Å². The van der Waals surface area contributed by atoms with E-state index in [1.54, 1.807) is 0 Å². The monoisotopic (exact) mass is 322 g/mol. The van der Waals surface area contributed by atoms with Gasteiger partial charge in [-0.15, -0.1) is 0 Å². The number of hydrogen-bond acceptors (Lipinski definition) is 2. The number of benzene rings is 2. The SMILES string of the molecule is Cc1ccc(C(NN)c2cc(F)cc(Br)c2)c(C)c1. The molecule has 100 valence electrons. The molecule has 0 heterocycles. The quantitative estimate of drug-likeness (QED) is 0.667. The van der Waals surface area contributed by atoms with Crippen LogP contribution >= 0.6 is 15.9 Å². The lowest BCUT2D eigenvalue weighted by Gasteiger charge is -2.20. The summed E-state index contributed by atoms with van der Waals surface area (Å²) in [6, 6.07) is 10.7. The first-order chi connectivity index (χ1) is 9.01. The molecule has 0 saturated heterocycles. The number of aryl methyl sites for hydroxylation is 2. The molecule has 0 bridgehead atoms. The highest BCUT2D eigenvalue weighted by atomic mass is 79.9. The van der Waals surface area contributed by atoms with Gasteiger partial charge in [-0.3, -0.25) is 5.84 Å². The summed E-state index contributed by atoms with van der Waals surface area (Å²) in [7, 11) is 0. The van der Waals surface area contributed by atoms with Gasteiger partial charge in [0.25, 0.3) is 0 Å². The Morgan fingerprint density at radius 3 is 2.47 bits per heavy atom. The zero-order valence-corrected chi connectivity index (χ0v) is 12.5. The maximum Gasteiger partial charge on any atom is 0.124 e. The van der Waals surface area contributed by atoms with Gasteiger partial charge >= 0.3 is 0 Å². The largest absolute Gasteiger partial charge is 0.271 e. The van der Waals surface area contributed by atoms with Gasteiger partial charge in [0.2, 0.25) is 0 Å². The summed E-state index contributed by atoms with van der Waals surface area (Å²) in [5.41, 5.74) is 6.92. The Bertz CT molecular complexity index is 578. The number of hydrazine groups is 1. The van der Waals surface area contributed by atoms with Crippen molar-refractivity contribution in [3.05, 3.63) is 68.9 Å². The van der Waals surface area contributed by atoms with Gasteiger partial charge in [-0.05, 0) is 48.7 Å². The smallest absolute Gasteiger partial charge is 0.124 e. The van der Waals surface area contributed by atoms with Gasteiger partial charge in [-0.2, -0.15) is 0 Å². The van der Waals surface area contributed by atoms with Crippen molar-refractivity contribution in [2.24, 2.45) is 5.84 Å². The fourth-order valence-electron chi connectivity index (χ4n) is 2.26. The second-order valence-electron chi connectivity index (χ2n) is 4.66. The van der Waals surface area contributed by atoms with Crippen molar-refractivity contribution in [3.63, 3.8) is 0 Å². The molecule has 0 saturated carbocycles. The van der Waals surface area contributed by atoms with E-state index in [4.69, 9.17) is 5.84 Å². The Balaban J connectivity index is 2.49. The minimum Gasteiger partial charge on any atom is -0.271 e. The molecule has 0 aliphatic rings. The minimum atomic E-state index is -0.283. The molecule has 0 spiro atoms. The molecule has 2 aromatic carbocycles. The molecule has 0 aromatic heterocycles. The van der Waals surface area contributed by atoms with Crippen LogP contribution < -0.4 is 11.3 Å². The number of hydrogen-bond donors (Lipinski definition) is 2. The summed E-state index contributed by atoms with van der Waals surface area (Å²) in [5.74, 6) is 5.37. The van der Waals surface area contributed by atoms with Crippen molar-refractivity contribution in [3.8, 4) is 0 Å². The number of nitrogens with one attached hydrogen (secondary N) is 1. The van der Waals surface area contributed by atoms with E-state index in [1.807, 2.05) is 32.0 Å². The summed E-state index contributed by atoms with van der Waals surface area (Å²) >= 11 is 3.30. The Morgan fingerprint density at radius 1 is 1.16 bits per heavy atom. The molecule has 0 radical (unpaired) electrons. The van der Waals surface area contributed by atoms with Crippen LogP contribution in [0.4, 0.5) is 4.39 Å². The molecule has 0 fully saturated rings. The molecule has 0 amide bonds. The van der Waals surface area contributed by atoms with Crippen LogP contribution in [0.3, 0.4) is 0 Å². The van der Waals surface area contributed by atoms with Crippen LogP contribution in [-0.4, -0.2) is 0 Å². The molecule has 4 heteroatoms. The van der Waals surface area contributed by atoms with Gasteiger partial charge in [-0.1, -0.05) is 39.7 Å². The van der Waals surface area contributed by atoms with Crippen molar-refractivity contribution in [1.29, 1.82) is 0 Å². The van der Waals surface area contributed by atoms with Crippen LogP contribution in [0.5, 0.6) is 0 Å². The van der Waals surface area contributed by atoms with Gasteiger partial charge in [0.15, 0.2) is 0 Å². The number of nitrogens with two attached hydrogens (primary N) is 1. The first kappa shape index (κ1) is 14.2. The van der Waals surface area contributed by atoms with Crippen LogP contribution in [-0.2, 0) is 0 Å². The van der Waals surface area contributed by atoms with E-state index < -0.39 is 0 Å². The van der Waals surface area contributed by atoms with Crippen LogP contribution in [0.15, 0.2) is 40.9 Å². The Kier molecular flexibility index (Phi) is 4.34. The summed E-state index contributed by atoms with van der Waals surface area (Å²) in [6.45, 7) is 4.07. The summed E-state index contributed by atoms with van der Waals surface area (Å²) in [6.07, 6.45) is 0. The fourth-order valence-corrected chi connectivity index (χ4v) is 2.74. The van der Waals surface area contributed by atoms with Crippen molar-refractivity contribution in [2.45, 2.75) is 19.9 Å². The molecule has 0 aliphatic carbocycles. The third kappa shape index (κ3) is 3.21. The average Bonchev–Trinajstić information content (AvgIpc) is 2.31. The van der Waals surface area contributed by atoms with Gasteiger partial charge in [0.1, 0.15) is 5.82 Å². The fraction of sp³-hybridized carbons (Fsp3) is 0.200. The molecular formula is C15H16BrFN2. The van der Waals surface area contributed by atoms with Crippen LogP contribution in [0.2, 0.25) is 0 Å². The number of rotatable bonds is 3. The van der Waals surface area contributed by atoms with Gasteiger partial charge in [0.05, 0.1) is 6.04 Å². The maximum atomic E-state index is 13.5. The molecule has 2 nitrogen and oxygen atoms in total. The van der Waals surface area contributed by atoms with Gasteiger partial charge in [0, 0.05) is 4.47 Å². The highest BCUT2D eigenvalue weighted by Crippen LogP contribution is 2.27. The summed E-state index contributed by atoms with van der Waals surface area (Å²) in [5, 5.41) is 0. The van der Waals surface area contributed by atoms with Crippen LogP contribution in [0.25, 0.3) is 0 Å². The second kappa shape index (κ2) is 5.82. The first-order valence-corrected chi connectivity index (χ1v) is 6.80. The average molecular weight is 323 g/mol. The Hall–Kier alpha value is -1.23. The van der Waals surface area contributed by atoms with Crippen molar-refractivity contribution in [2.75, 3.05) is 0 Å². The Morgan fingerprint density at radius 2 is 1.89 bits per heavy atom. The zero-order chi connectivity index (χ0) is 14.0. The van der Waals surface area contributed by atoms with Crippen LogP contribution in [0, 0.1) is 19.7 Å². The van der Waals surface area contributed by atoms with Crippen LogP contribution in [0.1, 0.15) is 28.3 Å². The first-order valence-electron chi connectivity index (χ1n) is 6.00. The third-order valence-corrected chi connectivity index (χ3v) is 3.58. The standard InChI is InChI=1S/C15H16BrFN2/c1-9-3-4-14(10(2)5-9)15(19-18)11-6-12(16)8-13(17)7-11/h3-8,15,19H,18H2,1-2H3. The molecule has 2 aromatic rings. The topological polar surface area (TPSA) is 38.0 Å². The van der Waals surface area contributed by atoms with E-state index in [9.17, 15) is 4.39 Å². The summed E-state index contributed by atoms with van der Waals surface area (Å²) in [4.78, 5) is 0. The van der Waals surface area contributed by atoms with Crippen molar-refractivity contribution >= 4 is 15.9 Å². The van der Waals surface area contributed by atoms with E-state index in [2.05, 4.69) is 27.4 Å². The Labute approximate surface area is 120 Å². The lowest BCUT2D eigenvalue weighted by atomic mass is 9.94. The summed E-state index contributed by atoms with van der Waals surface area (Å²) < 4.78 is 14.2. The third-order valence-electron chi connectivity index (χ3n) is 3.12. The van der Waals surface area contributed by atoms with E-state index >= 15 is 0 Å². The molecule has 1 atom stereocenters. The zero-order valence-electron chi connectivity index (χ0n) is 10.9. The number of halogens is 2. The molecular weight excluding hydrogens is 307 g/mol. The van der Waals surface area contributed by atoms with Gasteiger partial charge < -0.3 is 0 Å². The lowest BCUT2D eigenvalue weighted by molar-refractivity contribution is 0.603. The molecule has 3 N–H and O–H groups in total. The van der Waals surface area contributed by atoms with E-state index in [1.165, 1.54) is 17.7 Å². The second-order valence-corrected chi connectivity index (χ2v) is 5.58. The lowest BCUT2D eigenvalue weighted by Crippen LogP contribution is -2.29. The minimum absolute atomic E-state index is 0.229. The predicted molar refractivity (Wildman–Crippen MR) is 79.2 cm³/mol. The molecule has 19 heavy (non-hydrogen) atoms. The predicted octanol–water partition coefficient (Wildman–Crippen LogP) is 3.76. The maximum absolute atomic E-state index is 13.5.